The molecule has 32 heavy (non-hydrogen) atoms. The van der Waals surface area contributed by atoms with E-state index >= 15 is 0 Å². The highest BCUT2D eigenvalue weighted by Gasteiger charge is 2.18. The predicted octanol–water partition coefficient (Wildman–Crippen LogP) is 4.68. The van der Waals surface area contributed by atoms with Gasteiger partial charge in [0.1, 0.15) is 16.2 Å². The molecule has 0 spiro atoms. The molecule has 0 saturated heterocycles. The van der Waals surface area contributed by atoms with E-state index in [0.717, 1.165) is 30.6 Å². The molecule has 9 heteroatoms. The predicted molar refractivity (Wildman–Crippen MR) is 132 cm³/mol. The summed E-state index contributed by atoms with van der Waals surface area (Å²) < 4.78 is 0. The average Bonchev–Trinajstić information content (AvgIpc) is 3.50. The first kappa shape index (κ1) is 22.4. The minimum atomic E-state index is -0.159. The number of thioether (sulfide) groups is 1. The number of carbonyl (C=O) groups excluding carboxylic acids is 2. The van der Waals surface area contributed by atoms with E-state index in [9.17, 15) is 9.59 Å². The zero-order valence-corrected chi connectivity index (χ0v) is 19.9. The van der Waals surface area contributed by atoms with E-state index in [1.54, 1.807) is 27.6 Å². The molecular formula is C23H22N4O2S3. The van der Waals surface area contributed by atoms with Crippen molar-refractivity contribution in [1.82, 2.24) is 20.2 Å². The van der Waals surface area contributed by atoms with Crippen LogP contribution in [0.15, 0.2) is 65.3 Å². The number of likely N-dealkylation sites (N-methyl/N-ethyl adjacent to an activating group) is 1. The third-order valence-electron chi connectivity index (χ3n) is 4.79. The quantitative estimate of drug-likeness (QED) is 0.277. The van der Waals surface area contributed by atoms with Crippen LogP contribution in [-0.2, 0) is 16.1 Å². The van der Waals surface area contributed by atoms with Gasteiger partial charge < -0.3 is 10.2 Å². The van der Waals surface area contributed by atoms with Crippen molar-refractivity contribution in [2.45, 2.75) is 18.5 Å². The molecule has 0 unspecified atom stereocenters. The van der Waals surface area contributed by atoms with Gasteiger partial charge >= 0.3 is 0 Å². The summed E-state index contributed by atoms with van der Waals surface area (Å²) in [6.45, 7) is 2.89. The molecule has 0 radical (unpaired) electrons. The Morgan fingerprint density at radius 1 is 1.12 bits per heavy atom. The van der Waals surface area contributed by atoms with Gasteiger partial charge in [0.15, 0.2) is 0 Å². The third kappa shape index (κ3) is 5.53. The van der Waals surface area contributed by atoms with Crippen LogP contribution in [0.2, 0.25) is 0 Å². The lowest BCUT2D eigenvalue weighted by molar-refractivity contribution is -0.133. The zero-order valence-electron chi connectivity index (χ0n) is 17.5. The van der Waals surface area contributed by atoms with Gasteiger partial charge in [-0.25, -0.2) is 9.97 Å². The highest BCUT2D eigenvalue weighted by Crippen LogP contribution is 2.36. The summed E-state index contributed by atoms with van der Waals surface area (Å²) in [6, 6.07) is 16.1. The summed E-state index contributed by atoms with van der Waals surface area (Å²) in [5.41, 5.74) is 1.13. The number of hydrogen-bond donors (Lipinski definition) is 1. The Morgan fingerprint density at radius 2 is 1.97 bits per heavy atom. The standard InChI is InChI=1S/C23H22N4O2S3/c1-2-27(13-20(28)24-12-17-9-6-10-30-17)21(29)14-31-22-18-11-19(16-7-4-3-5-8-16)32-23(18)26-15-25-22/h3-11,15H,2,12-14H2,1H3,(H,24,28). The first-order valence-corrected chi connectivity index (χ1v) is 12.8. The van der Waals surface area contributed by atoms with E-state index in [2.05, 4.69) is 33.5 Å². The minimum Gasteiger partial charge on any atom is -0.350 e. The lowest BCUT2D eigenvalue weighted by Gasteiger charge is -2.20. The summed E-state index contributed by atoms with van der Waals surface area (Å²) in [7, 11) is 0. The normalized spacial score (nSPS) is 10.9. The number of amides is 2. The molecule has 0 fully saturated rings. The summed E-state index contributed by atoms with van der Waals surface area (Å²) in [6.07, 6.45) is 1.54. The second-order valence-corrected chi connectivity index (χ2v) is 9.95. The van der Waals surface area contributed by atoms with Gasteiger partial charge in [-0.1, -0.05) is 48.2 Å². The molecule has 0 aliphatic heterocycles. The molecule has 164 valence electrons. The molecule has 0 aliphatic carbocycles. The Kier molecular flexibility index (Phi) is 7.51. The fourth-order valence-electron chi connectivity index (χ4n) is 3.12. The highest BCUT2D eigenvalue weighted by atomic mass is 32.2. The Labute approximate surface area is 198 Å². The van der Waals surface area contributed by atoms with Gasteiger partial charge in [-0.15, -0.1) is 22.7 Å². The summed E-state index contributed by atoms with van der Waals surface area (Å²) in [4.78, 5) is 38.5. The number of benzene rings is 1. The van der Waals surface area contributed by atoms with Crippen molar-refractivity contribution in [3.8, 4) is 10.4 Å². The number of rotatable bonds is 9. The molecular weight excluding hydrogens is 460 g/mol. The van der Waals surface area contributed by atoms with Crippen molar-refractivity contribution >= 4 is 56.5 Å². The van der Waals surface area contributed by atoms with Crippen LogP contribution in [0, 0.1) is 0 Å². The van der Waals surface area contributed by atoms with Crippen LogP contribution in [0.3, 0.4) is 0 Å². The summed E-state index contributed by atoms with van der Waals surface area (Å²) in [5, 5.41) is 6.57. The molecule has 4 rings (SSSR count). The van der Waals surface area contributed by atoms with Gasteiger partial charge in [-0.05, 0) is 30.0 Å². The number of hydrogen-bond acceptors (Lipinski definition) is 7. The van der Waals surface area contributed by atoms with Crippen molar-refractivity contribution in [2.24, 2.45) is 0 Å². The average molecular weight is 483 g/mol. The second-order valence-electron chi connectivity index (χ2n) is 6.93. The molecule has 0 bridgehead atoms. The van der Waals surface area contributed by atoms with E-state index in [4.69, 9.17) is 0 Å². The van der Waals surface area contributed by atoms with Crippen molar-refractivity contribution in [1.29, 1.82) is 0 Å². The van der Waals surface area contributed by atoms with E-state index in [1.165, 1.54) is 18.1 Å². The van der Waals surface area contributed by atoms with Crippen molar-refractivity contribution in [3.05, 3.63) is 65.1 Å². The van der Waals surface area contributed by atoms with Gasteiger partial charge in [0.05, 0.1) is 18.8 Å². The van der Waals surface area contributed by atoms with E-state index in [-0.39, 0.29) is 24.1 Å². The number of nitrogens with one attached hydrogen (secondary N) is 1. The number of carbonyl (C=O) groups is 2. The van der Waals surface area contributed by atoms with Gasteiger partial charge in [-0.3, -0.25) is 9.59 Å². The number of thiophene rings is 2. The molecule has 1 N–H and O–H groups in total. The Balaban J connectivity index is 1.38. The lowest BCUT2D eigenvalue weighted by Crippen LogP contribution is -2.41. The Hall–Kier alpha value is -2.75. The molecule has 1 aromatic carbocycles. The molecule has 0 saturated carbocycles. The summed E-state index contributed by atoms with van der Waals surface area (Å²) in [5.74, 6) is -0.0308. The Bertz CT molecular complexity index is 1190. The van der Waals surface area contributed by atoms with Crippen LogP contribution >= 0.6 is 34.4 Å². The third-order valence-corrected chi connectivity index (χ3v) is 7.75. The largest absolute Gasteiger partial charge is 0.350 e. The van der Waals surface area contributed by atoms with E-state index in [0.29, 0.717) is 13.1 Å². The monoisotopic (exact) mass is 482 g/mol. The first-order valence-electron chi connectivity index (χ1n) is 10.1. The smallest absolute Gasteiger partial charge is 0.239 e. The molecule has 3 heterocycles. The number of aromatic nitrogens is 2. The minimum absolute atomic E-state index is 0.0526. The van der Waals surface area contributed by atoms with Crippen LogP contribution < -0.4 is 5.32 Å². The van der Waals surface area contributed by atoms with Crippen molar-refractivity contribution < 1.29 is 9.59 Å². The lowest BCUT2D eigenvalue weighted by atomic mass is 10.2. The molecule has 2 amide bonds. The first-order chi connectivity index (χ1) is 15.6. The topological polar surface area (TPSA) is 75.2 Å². The van der Waals surface area contributed by atoms with Crippen LogP contribution in [0.1, 0.15) is 11.8 Å². The maximum atomic E-state index is 12.8. The maximum Gasteiger partial charge on any atom is 0.239 e. The van der Waals surface area contributed by atoms with Crippen LogP contribution in [0.25, 0.3) is 20.7 Å². The SMILES string of the molecule is CCN(CC(=O)NCc1cccs1)C(=O)CSc1ncnc2sc(-c3ccccc3)cc12. The van der Waals surface area contributed by atoms with Crippen LogP contribution in [0.5, 0.6) is 0 Å². The molecule has 0 atom stereocenters. The van der Waals surface area contributed by atoms with E-state index in [1.807, 2.05) is 42.6 Å². The molecule has 0 aliphatic rings. The van der Waals surface area contributed by atoms with Crippen molar-refractivity contribution in [3.63, 3.8) is 0 Å². The van der Waals surface area contributed by atoms with Gasteiger partial charge in [0, 0.05) is 21.7 Å². The number of nitrogens with zero attached hydrogens (tertiary/aromatic N) is 3. The maximum absolute atomic E-state index is 12.8. The Morgan fingerprint density at radius 3 is 2.72 bits per heavy atom. The number of fused-ring (bicyclic) bond motifs is 1. The van der Waals surface area contributed by atoms with Gasteiger partial charge in [0.25, 0.3) is 0 Å². The summed E-state index contributed by atoms with van der Waals surface area (Å²) >= 11 is 4.59. The fourth-order valence-corrected chi connectivity index (χ4v) is 5.71. The second kappa shape index (κ2) is 10.7. The molecule has 6 nitrogen and oxygen atoms in total. The molecule has 4 aromatic rings. The van der Waals surface area contributed by atoms with E-state index < -0.39 is 0 Å². The highest BCUT2D eigenvalue weighted by molar-refractivity contribution is 8.00. The zero-order chi connectivity index (χ0) is 22.3. The van der Waals surface area contributed by atoms with Crippen LogP contribution in [0.4, 0.5) is 0 Å². The van der Waals surface area contributed by atoms with Crippen molar-refractivity contribution in [2.75, 3.05) is 18.8 Å². The fraction of sp³-hybridized carbons (Fsp3) is 0.217. The van der Waals surface area contributed by atoms with Gasteiger partial charge in [0.2, 0.25) is 11.8 Å². The van der Waals surface area contributed by atoms with Crippen LogP contribution in [-0.4, -0.2) is 45.5 Å². The van der Waals surface area contributed by atoms with Gasteiger partial charge in [-0.2, -0.15) is 0 Å². The molecule has 3 aromatic heterocycles.